The maximum atomic E-state index is 5.84. The van der Waals surface area contributed by atoms with Crippen LogP contribution in [0.1, 0.15) is 32.0 Å². The van der Waals surface area contributed by atoms with E-state index in [1.165, 1.54) is 12.8 Å². The van der Waals surface area contributed by atoms with Crippen molar-refractivity contribution >= 4 is 11.3 Å². The highest BCUT2D eigenvalue weighted by atomic mass is 32.1. The summed E-state index contributed by atoms with van der Waals surface area (Å²) in [4.78, 5) is 5.76. The third-order valence-corrected chi connectivity index (χ3v) is 5.11. The van der Waals surface area contributed by atoms with Gasteiger partial charge in [0.15, 0.2) is 29.0 Å². The molecule has 0 spiro atoms. The van der Waals surface area contributed by atoms with Gasteiger partial charge in [0.2, 0.25) is 0 Å². The third-order valence-electron chi connectivity index (χ3n) is 4.17. The SMILES string of the molecule is CCCCCc1nc(-c2scc3c2OCCO3)n(-c2ccnn2C)n1. The van der Waals surface area contributed by atoms with Crippen molar-refractivity contribution in [3.63, 3.8) is 0 Å². The van der Waals surface area contributed by atoms with Crippen molar-refractivity contribution in [1.82, 2.24) is 24.5 Å². The Bertz CT molecular complexity index is 866. The molecule has 8 heteroatoms. The maximum Gasteiger partial charge on any atom is 0.183 e. The predicted molar refractivity (Wildman–Crippen MR) is 95.7 cm³/mol. The lowest BCUT2D eigenvalue weighted by atomic mass is 10.2. The lowest BCUT2D eigenvalue weighted by Gasteiger charge is -2.15. The molecular formula is C17H21N5O2S. The van der Waals surface area contributed by atoms with E-state index in [2.05, 4.69) is 12.0 Å². The molecule has 4 rings (SSSR count). The number of aromatic nitrogens is 5. The first-order valence-electron chi connectivity index (χ1n) is 8.59. The van der Waals surface area contributed by atoms with E-state index in [1.54, 1.807) is 22.2 Å². The summed E-state index contributed by atoms with van der Waals surface area (Å²) in [6.07, 6.45) is 6.09. The van der Waals surface area contributed by atoms with E-state index >= 15 is 0 Å². The second-order valence-corrected chi connectivity index (χ2v) is 6.87. The van der Waals surface area contributed by atoms with E-state index in [4.69, 9.17) is 19.6 Å². The molecule has 25 heavy (non-hydrogen) atoms. The van der Waals surface area contributed by atoms with Gasteiger partial charge in [-0.25, -0.2) is 4.98 Å². The molecule has 0 saturated carbocycles. The average molecular weight is 359 g/mol. The van der Waals surface area contributed by atoms with Crippen molar-refractivity contribution in [2.24, 2.45) is 7.05 Å². The van der Waals surface area contributed by atoms with Gasteiger partial charge in [-0.1, -0.05) is 19.8 Å². The van der Waals surface area contributed by atoms with E-state index < -0.39 is 0 Å². The summed E-state index contributed by atoms with van der Waals surface area (Å²) in [5, 5.41) is 11.0. The number of thiophene rings is 1. The molecule has 0 fully saturated rings. The van der Waals surface area contributed by atoms with Crippen LogP contribution in [0.3, 0.4) is 0 Å². The lowest BCUT2D eigenvalue weighted by Crippen LogP contribution is -2.14. The van der Waals surface area contributed by atoms with Gasteiger partial charge in [0, 0.05) is 24.9 Å². The van der Waals surface area contributed by atoms with Gasteiger partial charge in [-0.3, -0.25) is 4.68 Å². The van der Waals surface area contributed by atoms with E-state index in [0.29, 0.717) is 13.2 Å². The smallest absolute Gasteiger partial charge is 0.183 e. The fourth-order valence-corrected chi connectivity index (χ4v) is 3.80. The van der Waals surface area contributed by atoms with E-state index in [-0.39, 0.29) is 0 Å². The molecule has 1 aliphatic rings. The molecular weight excluding hydrogens is 338 g/mol. The zero-order chi connectivity index (χ0) is 17.2. The Labute approximate surface area is 150 Å². The standard InChI is InChI=1S/C17H21N5O2S/c1-3-4-5-6-13-19-17(22(20-13)14-7-8-18-21(14)2)16-15-12(11-25-16)23-9-10-24-15/h7-8,11H,3-6,9-10H2,1-2H3. The fraction of sp³-hybridized carbons (Fsp3) is 0.471. The van der Waals surface area contributed by atoms with Crippen LogP contribution < -0.4 is 9.47 Å². The molecule has 132 valence electrons. The molecule has 0 atom stereocenters. The van der Waals surface area contributed by atoms with Gasteiger partial charge < -0.3 is 9.47 Å². The van der Waals surface area contributed by atoms with Crippen LogP contribution in [0.4, 0.5) is 0 Å². The Morgan fingerprint density at radius 2 is 2.12 bits per heavy atom. The van der Waals surface area contributed by atoms with Gasteiger partial charge in [-0.05, 0) is 6.42 Å². The van der Waals surface area contributed by atoms with Crippen molar-refractivity contribution < 1.29 is 9.47 Å². The van der Waals surface area contributed by atoms with Crippen LogP contribution in [0.2, 0.25) is 0 Å². The highest BCUT2D eigenvalue weighted by molar-refractivity contribution is 7.14. The fourth-order valence-electron chi connectivity index (χ4n) is 2.89. The van der Waals surface area contributed by atoms with Crippen molar-refractivity contribution in [3.8, 4) is 28.0 Å². The molecule has 0 amide bonds. The Balaban J connectivity index is 1.77. The molecule has 0 N–H and O–H groups in total. The molecule has 0 aromatic carbocycles. The van der Waals surface area contributed by atoms with Crippen LogP contribution in [-0.4, -0.2) is 37.8 Å². The number of fused-ring (bicyclic) bond motifs is 1. The third kappa shape index (κ3) is 3.02. The zero-order valence-corrected chi connectivity index (χ0v) is 15.3. The van der Waals surface area contributed by atoms with Gasteiger partial charge in [-0.15, -0.1) is 16.4 Å². The van der Waals surface area contributed by atoms with E-state index in [0.717, 1.165) is 46.7 Å². The molecule has 7 nitrogen and oxygen atoms in total. The monoisotopic (exact) mass is 359 g/mol. The van der Waals surface area contributed by atoms with Crippen LogP contribution >= 0.6 is 11.3 Å². The van der Waals surface area contributed by atoms with Crippen LogP contribution in [0.15, 0.2) is 17.6 Å². The number of aryl methyl sites for hydroxylation is 2. The van der Waals surface area contributed by atoms with Gasteiger partial charge >= 0.3 is 0 Å². The summed E-state index contributed by atoms with van der Waals surface area (Å²) in [6.45, 7) is 3.34. The Hall–Kier alpha value is -2.35. The van der Waals surface area contributed by atoms with Gasteiger partial charge in [0.1, 0.15) is 18.1 Å². The van der Waals surface area contributed by atoms with Gasteiger partial charge in [0.25, 0.3) is 0 Å². The predicted octanol–water partition coefficient (Wildman–Crippen LogP) is 3.23. The van der Waals surface area contributed by atoms with E-state index in [9.17, 15) is 0 Å². The van der Waals surface area contributed by atoms with Crippen molar-refractivity contribution in [2.45, 2.75) is 32.6 Å². The van der Waals surface area contributed by atoms with Gasteiger partial charge in [0.05, 0.1) is 6.20 Å². The van der Waals surface area contributed by atoms with Gasteiger partial charge in [-0.2, -0.15) is 9.78 Å². The summed E-state index contributed by atoms with van der Waals surface area (Å²) in [5.41, 5.74) is 0. The minimum Gasteiger partial charge on any atom is -0.485 e. The molecule has 1 aliphatic heterocycles. The number of ether oxygens (including phenoxy) is 2. The molecule has 0 unspecified atom stereocenters. The molecule has 4 heterocycles. The number of hydrogen-bond acceptors (Lipinski definition) is 6. The van der Waals surface area contributed by atoms with E-state index in [1.807, 2.05) is 23.2 Å². The number of rotatable bonds is 6. The summed E-state index contributed by atoms with van der Waals surface area (Å²) in [5.74, 6) is 4.07. The molecule has 3 aromatic heterocycles. The van der Waals surface area contributed by atoms with Crippen LogP contribution in [0, 0.1) is 0 Å². The Morgan fingerprint density at radius 3 is 2.92 bits per heavy atom. The maximum absolute atomic E-state index is 5.84. The number of hydrogen-bond donors (Lipinski definition) is 0. The first-order chi connectivity index (χ1) is 12.3. The average Bonchev–Trinajstić information content (AvgIpc) is 3.32. The Kier molecular flexibility index (Phi) is 4.44. The summed E-state index contributed by atoms with van der Waals surface area (Å²) in [7, 11) is 1.90. The topological polar surface area (TPSA) is 67.0 Å². The normalized spacial score (nSPS) is 13.4. The van der Waals surface area contributed by atoms with Crippen LogP contribution in [-0.2, 0) is 13.5 Å². The molecule has 0 radical (unpaired) electrons. The highest BCUT2D eigenvalue weighted by Crippen LogP contribution is 2.45. The number of unbranched alkanes of at least 4 members (excludes halogenated alkanes) is 2. The molecule has 3 aromatic rings. The second kappa shape index (κ2) is 6.87. The molecule has 0 aliphatic carbocycles. The minimum atomic E-state index is 0.555. The molecule has 0 saturated heterocycles. The minimum absolute atomic E-state index is 0.555. The number of nitrogens with zero attached hydrogens (tertiary/aromatic N) is 5. The van der Waals surface area contributed by atoms with Crippen molar-refractivity contribution in [3.05, 3.63) is 23.5 Å². The van der Waals surface area contributed by atoms with Crippen molar-refractivity contribution in [2.75, 3.05) is 13.2 Å². The quantitative estimate of drug-likeness (QED) is 0.632. The van der Waals surface area contributed by atoms with Crippen LogP contribution in [0.25, 0.3) is 16.5 Å². The summed E-state index contributed by atoms with van der Waals surface area (Å²) < 4.78 is 15.2. The largest absolute Gasteiger partial charge is 0.485 e. The second-order valence-electron chi connectivity index (χ2n) is 5.99. The van der Waals surface area contributed by atoms with Crippen LogP contribution in [0.5, 0.6) is 11.5 Å². The summed E-state index contributed by atoms with van der Waals surface area (Å²) in [6, 6.07) is 1.94. The lowest BCUT2D eigenvalue weighted by molar-refractivity contribution is 0.174. The Morgan fingerprint density at radius 1 is 1.24 bits per heavy atom. The molecule has 0 bridgehead atoms. The van der Waals surface area contributed by atoms with Crippen molar-refractivity contribution in [1.29, 1.82) is 0 Å². The first kappa shape index (κ1) is 16.1. The zero-order valence-electron chi connectivity index (χ0n) is 14.4. The highest BCUT2D eigenvalue weighted by Gasteiger charge is 2.25. The summed E-state index contributed by atoms with van der Waals surface area (Å²) >= 11 is 1.57. The first-order valence-corrected chi connectivity index (χ1v) is 9.47.